The zero-order valence-corrected chi connectivity index (χ0v) is 12.8. The number of hydrogen-bond donors (Lipinski definition) is 1. The first-order valence-electron chi connectivity index (χ1n) is 7.16. The molecule has 0 bridgehead atoms. The summed E-state index contributed by atoms with van der Waals surface area (Å²) in [4.78, 5) is 13.6. The van der Waals surface area contributed by atoms with E-state index >= 15 is 0 Å². The molecule has 1 saturated heterocycles. The second-order valence-electron chi connectivity index (χ2n) is 5.92. The van der Waals surface area contributed by atoms with Gasteiger partial charge in [0.25, 0.3) is 0 Å². The number of terminal acetylenes is 1. The summed E-state index contributed by atoms with van der Waals surface area (Å²) in [6.07, 6.45) is 6.84. The molecule has 1 amide bonds. The third kappa shape index (κ3) is 6.78. The lowest BCUT2D eigenvalue weighted by atomic mass is 10.1. The molecule has 5 heteroatoms. The molecule has 1 rings (SSSR count). The van der Waals surface area contributed by atoms with E-state index in [2.05, 4.69) is 11.2 Å². The molecular weight excluding hydrogens is 256 g/mol. The number of nitrogens with one attached hydrogen (secondary N) is 1. The van der Waals surface area contributed by atoms with Gasteiger partial charge in [-0.2, -0.15) is 0 Å². The summed E-state index contributed by atoms with van der Waals surface area (Å²) in [5.74, 6) is 2.52. The number of piperidine rings is 1. The Kier molecular flexibility index (Phi) is 6.83. The summed E-state index contributed by atoms with van der Waals surface area (Å²) in [6.45, 7) is 9.00. The second kappa shape index (κ2) is 8.13. The van der Waals surface area contributed by atoms with Gasteiger partial charge in [-0.05, 0) is 33.6 Å². The Morgan fingerprint density at radius 3 is 2.60 bits per heavy atom. The molecule has 1 heterocycles. The monoisotopic (exact) mass is 282 g/mol. The van der Waals surface area contributed by atoms with Crippen LogP contribution in [0.15, 0.2) is 0 Å². The number of ether oxygens (including phenoxy) is 2. The number of hydrogen-bond acceptors (Lipinski definition) is 4. The average molecular weight is 282 g/mol. The van der Waals surface area contributed by atoms with E-state index in [4.69, 9.17) is 15.9 Å². The molecule has 0 aliphatic carbocycles. The van der Waals surface area contributed by atoms with E-state index in [1.54, 1.807) is 4.90 Å². The molecule has 0 spiro atoms. The topological polar surface area (TPSA) is 50.8 Å². The summed E-state index contributed by atoms with van der Waals surface area (Å²) in [5, 5.41) is 3.08. The van der Waals surface area contributed by atoms with Crippen molar-refractivity contribution in [3.63, 3.8) is 0 Å². The molecule has 114 valence electrons. The van der Waals surface area contributed by atoms with Crippen LogP contribution in [0.4, 0.5) is 4.79 Å². The summed E-state index contributed by atoms with van der Waals surface area (Å²) >= 11 is 0. The minimum absolute atomic E-state index is 0.223. The Bertz CT molecular complexity index is 336. The van der Waals surface area contributed by atoms with Crippen LogP contribution in [-0.2, 0) is 9.47 Å². The van der Waals surface area contributed by atoms with E-state index in [1.165, 1.54) is 0 Å². The Morgan fingerprint density at radius 1 is 1.40 bits per heavy atom. The summed E-state index contributed by atoms with van der Waals surface area (Å²) in [6, 6.07) is 0. The maximum atomic E-state index is 11.9. The van der Waals surface area contributed by atoms with E-state index in [0.717, 1.165) is 19.4 Å². The highest BCUT2D eigenvalue weighted by Gasteiger charge is 2.26. The molecule has 20 heavy (non-hydrogen) atoms. The zero-order chi connectivity index (χ0) is 15.0. The summed E-state index contributed by atoms with van der Waals surface area (Å²) < 4.78 is 11.1. The summed E-state index contributed by atoms with van der Waals surface area (Å²) in [5.41, 5.74) is -0.437. The van der Waals surface area contributed by atoms with Crippen molar-refractivity contribution in [2.24, 2.45) is 0 Å². The quantitative estimate of drug-likeness (QED) is 0.615. The van der Waals surface area contributed by atoms with E-state index in [1.807, 2.05) is 20.8 Å². The van der Waals surface area contributed by atoms with E-state index in [0.29, 0.717) is 26.2 Å². The predicted molar refractivity (Wildman–Crippen MR) is 78.5 cm³/mol. The maximum Gasteiger partial charge on any atom is 0.410 e. The Balaban J connectivity index is 2.17. The largest absolute Gasteiger partial charge is 0.444 e. The van der Waals surface area contributed by atoms with Crippen molar-refractivity contribution in [3.05, 3.63) is 0 Å². The number of rotatable bonds is 5. The first-order chi connectivity index (χ1) is 9.42. The smallest absolute Gasteiger partial charge is 0.410 e. The van der Waals surface area contributed by atoms with Gasteiger partial charge in [0.2, 0.25) is 0 Å². The molecule has 0 saturated carbocycles. The SMILES string of the molecule is C#CCNCCOC1CCN(C(=O)OC(C)(C)C)CC1. The van der Waals surface area contributed by atoms with Crippen LogP contribution in [0, 0.1) is 12.3 Å². The Morgan fingerprint density at radius 2 is 2.05 bits per heavy atom. The normalized spacial score (nSPS) is 16.8. The van der Waals surface area contributed by atoms with Crippen molar-refractivity contribution >= 4 is 6.09 Å². The summed E-state index contributed by atoms with van der Waals surface area (Å²) in [7, 11) is 0. The van der Waals surface area contributed by atoms with Gasteiger partial charge in [-0.1, -0.05) is 5.92 Å². The van der Waals surface area contributed by atoms with Crippen LogP contribution < -0.4 is 5.32 Å². The van der Waals surface area contributed by atoms with Crippen LogP contribution in [0.1, 0.15) is 33.6 Å². The van der Waals surface area contributed by atoms with Crippen LogP contribution in [-0.4, -0.2) is 55.5 Å². The third-order valence-electron chi connectivity index (χ3n) is 2.95. The van der Waals surface area contributed by atoms with Gasteiger partial charge >= 0.3 is 6.09 Å². The van der Waals surface area contributed by atoms with Gasteiger partial charge in [-0.25, -0.2) is 4.79 Å². The fourth-order valence-electron chi connectivity index (χ4n) is 1.99. The number of carbonyl (C=O) groups excluding carboxylic acids is 1. The number of nitrogens with zero attached hydrogens (tertiary/aromatic N) is 1. The molecule has 1 N–H and O–H groups in total. The lowest BCUT2D eigenvalue weighted by molar-refractivity contribution is -0.0103. The number of amides is 1. The second-order valence-corrected chi connectivity index (χ2v) is 5.92. The van der Waals surface area contributed by atoms with Gasteiger partial charge in [-0.3, -0.25) is 0 Å². The molecule has 1 aliphatic rings. The average Bonchev–Trinajstić information content (AvgIpc) is 2.37. The van der Waals surface area contributed by atoms with Crippen LogP contribution in [0.3, 0.4) is 0 Å². The molecular formula is C15H26N2O3. The maximum absolute atomic E-state index is 11.9. The fourth-order valence-corrected chi connectivity index (χ4v) is 1.99. The van der Waals surface area contributed by atoms with Crippen molar-refractivity contribution in [3.8, 4) is 12.3 Å². The molecule has 1 fully saturated rings. The van der Waals surface area contributed by atoms with Crippen molar-refractivity contribution in [1.82, 2.24) is 10.2 Å². The van der Waals surface area contributed by atoms with Crippen LogP contribution in [0.25, 0.3) is 0 Å². The Hall–Kier alpha value is -1.25. The van der Waals surface area contributed by atoms with Gasteiger partial charge in [0.05, 0.1) is 19.3 Å². The van der Waals surface area contributed by atoms with Crippen molar-refractivity contribution in [2.45, 2.75) is 45.3 Å². The van der Waals surface area contributed by atoms with E-state index in [9.17, 15) is 4.79 Å². The first-order valence-corrected chi connectivity index (χ1v) is 7.16. The highest BCUT2D eigenvalue weighted by molar-refractivity contribution is 5.68. The van der Waals surface area contributed by atoms with Crippen LogP contribution in [0.5, 0.6) is 0 Å². The molecule has 0 atom stereocenters. The van der Waals surface area contributed by atoms with Crippen molar-refractivity contribution in [2.75, 3.05) is 32.8 Å². The van der Waals surface area contributed by atoms with Crippen molar-refractivity contribution < 1.29 is 14.3 Å². The van der Waals surface area contributed by atoms with Gasteiger partial charge < -0.3 is 19.7 Å². The number of carbonyl (C=O) groups is 1. The van der Waals surface area contributed by atoms with E-state index < -0.39 is 5.60 Å². The molecule has 0 aromatic rings. The lowest BCUT2D eigenvalue weighted by Gasteiger charge is -2.33. The highest BCUT2D eigenvalue weighted by Crippen LogP contribution is 2.17. The molecule has 0 aromatic heterocycles. The predicted octanol–water partition coefficient (Wildman–Crippen LogP) is 1.63. The molecule has 0 radical (unpaired) electrons. The minimum Gasteiger partial charge on any atom is -0.444 e. The minimum atomic E-state index is -0.437. The van der Waals surface area contributed by atoms with Gasteiger partial charge in [0.1, 0.15) is 5.60 Å². The first kappa shape index (κ1) is 16.8. The zero-order valence-electron chi connectivity index (χ0n) is 12.8. The van der Waals surface area contributed by atoms with Gasteiger partial charge in [-0.15, -0.1) is 6.42 Å². The van der Waals surface area contributed by atoms with Gasteiger partial charge in [0, 0.05) is 19.6 Å². The molecule has 0 aromatic carbocycles. The highest BCUT2D eigenvalue weighted by atomic mass is 16.6. The molecule has 0 unspecified atom stereocenters. The van der Waals surface area contributed by atoms with Crippen molar-refractivity contribution in [1.29, 1.82) is 0 Å². The number of likely N-dealkylation sites (tertiary alicyclic amines) is 1. The molecule has 5 nitrogen and oxygen atoms in total. The van der Waals surface area contributed by atoms with Gasteiger partial charge in [0.15, 0.2) is 0 Å². The fraction of sp³-hybridized carbons (Fsp3) is 0.800. The lowest BCUT2D eigenvalue weighted by Crippen LogP contribution is -2.43. The Labute approximate surface area is 122 Å². The molecule has 1 aliphatic heterocycles. The van der Waals surface area contributed by atoms with Crippen LogP contribution in [0.2, 0.25) is 0 Å². The van der Waals surface area contributed by atoms with E-state index in [-0.39, 0.29) is 12.2 Å². The van der Waals surface area contributed by atoms with Crippen LogP contribution >= 0.6 is 0 Å². The third-order valence-corrected chi connectivity index (χ3v) is 2.95. The standard InChI is InChI=1S/C15H26N2O3/c1-5-8-16-9-12-19-13-6-10-17(11-7-13)14(18)20-15(2,3)4/h1,13,16H,6-12H2,2-4H3.